The summed E-state index contributed by atoms with van der Waals surface area (Å²) >= 11 is 0. The predicted octanol–water partition coefficient (Wildman–Crippen LogP) is 4.51. The van der Waals surface area contributed by atoms with Crippen molar-refractivity contribution in [2.75, 3.05) is 20.8 Å². The number of carbonyl (C=O) groups excluding carboxylic acids is 1. The van der Waals surface area contributed by atoms with Gasteiger partial charge >= 0.3 is 6.09 Å². The Morgan fingerprint density at radius 2 is 1.61 bits per heavy atom. The number of likely N-dealkylation sites (tertiary alicyclic amines) is 1. The number of aliphatic hydroxyl groups excluding tert-OH is 2. The molecule has 0 unspecified atom stereocenters. The third-order valence-electron chi connectivity index (χ3n) is 8.67. The number of piperidine rings is 1. The number of ether oxygens (including phenoxy) is 4. The summed E-state index contributed by atoms with van der Waals surface area (Å²) in [5, 5.41) is 22.2. The molecular weight excluding hydrogens is 522 g/mol. The molecule has 1 fully saturated rings. The molecule has 8 nitrogen and oxygen atoms in total. The lowest BCUT2D eigenvalue weighted by atomic mass is 9.55. The molecule has 3 aliphatic rings. The lowest BCUT2D eigenvalue weighted by Crippen LogP contribution is -2.61. The average molecular weight is 558 g/mol. The van der Waals surface area contributed by atoms with E-state index in [4.69, 9.17) is 18.9 Å². The monoisotopic (exact) mass is 557 g/mol. The van der Waals surface area contributed by atoms with E-state index < -0.39 is 29.8 Å². The molecule has 2 bridgehead atoms. The SMILES string of the molecule is COC1=C2[C@@H]3Cc4ccc(OC)c(OCc5ccccc5)c4[C@]2(CCN3C(=O)OCc2ccccc2)C[C@@H](O)[C@H]1O. The maximum Gasteiger partial charge on any atom is 0.410 e. The van der Waals surface area contributed by atoms with Gasteiger partial charge in [0.2, 0.25) is 0 Å². The third-order valence-corrected chi connectivity index (χ3v) is 8.67. The maximum absolute atomic E-state index is 13.5. The summed E-state index contributed by atoms with van der Waals surface area (Å²) in [6, 6.07) is 23.0. The van der Waals surface area contributed by atoms with Crippen LogP contribution in [0.1, 0.15) is 35.1 Å². The van der Waals surface area contributed by atoms with Crippen LogP contribution < -0.4 is 9.47 Å². The van der Waals surface area contributed by atoms with Crippen molar-refractivity contribution in [3.05, 3.63) is 106 Å². The third kappa shape index (κ3) is 4.71. The summed E-state index contributed by atoms with van der Waals surface area (Å²) in [7, 11) is 3.11. The largest absolute Gasteiger partial charge is 0.498 e. The molecule has 0 aromatic heterocycles. The standard InChI is InChI=1S/C33H35NO7/c1-38-26-14-13-23-17-24-28-31(39-2)29(36)25(35)18-33(28,27(23)30(26)40-19-21-9-5-3-6-10-21)15-16-34(24)32(37)41-20-22-11-7-4-8-12-22/h3-14,24-25,29,35-36H,15-20H2,1-2H3/t24-,25+,29+,33-/m0/s1. The van der Waals surface area contributed by atoms with Crippen molar-refractivity contribution in [1.29, 1.82) is 0 Å². The molecule has 0 saturated carbocycles. The van der Waals surface area contributed by atoms with E-state index in [9.17, 15) is 15.0 Å². The van der Waals surface area contributed by atoms with Gasteiger partial charge in [0, 0.05) is 23.1 Å². The van der Waals surface area contributed by atoms with Gasteiger partial charge in [-0.05, 0) is 42.0 Å². The lowest BCUT2D eigenvalue weighted by molar-refractivity contribution is -0.0351. The van der Waals surface area contributed by atoms with Crippen LogP contribution in [0.15, 0.2) is 84.1 Å². The van der Waals surface area contributed by atoms with E-state index in [1.54, 1.807) is 12.0 Å². The van der Waals surface area contributed by atoms with Crippen LogP contribution in [0.5, 0.6) is 11.5 Å². The summed E-state index contributed by atoms with van der Waals surface area (Å²) in [4.78, 5) is 15.2. The van der Waals surface area contributed by atoms with Crippen molar-refractivity contribution in [3.63, 3.8) is 0 Å². The minimum absolute atomic E-state index is 0.164. The van der Waals surface area contributed by atoms with Crippen LogP contribution in [0, 0.1) is 0 Å². The molecule has 2 N–H and O–H groups in total. The Morgan fingerprint density at radius 1 is 0.927 bits per heavy atom. The Hall–Kier alpha value is -4.01. The van der Waals surface area contributed by atoms with Gasteiger partial charge in [-0.25, -0.2) is 4.79 Å². The van der Waals surface area contributed by atoms with Crippen LogP contribution >= 0.6 is 0 Å². The van der Waals surface area contributed by atoms with Gasteiger partial charge in [0.1, 0.15) is 25.1 Å². The minimum Gasteiger partial charge on any atom is -0.498 e. The Morgan fingerprint density at radius 3 is 2.27 bits per heavy atom. The molecule has 1 heterocycles. The van der Waals surface area contributed by atoms with E-state index in [1.807, 2.05) is 72.8 Å². The molecule has 0 radical (unpaired) electrons. The van der Waals surface area contributed by atoms with E-state index in [-0.39, 0.29) is 13.0 Å². The summed E-state index contributed by atoms with van der Waals surface area (Å²) in [6.07, 6.45) is -1.43. The highest BCUT2D eigenvalue weighted by Crippen LogP contribution is 2.59. The highest BCUT2D eigenvalue weighted by Gasteiger charge is 2.58. The predicted molar refractivity (Wildman–Crippen MR) is 152 cm³/mol. The molecule has 0 spiro atoms. The summed E-state index contributed by atoms with van der Waals surface area (Å²) in [5.41, 5.74) is 3.92. The number of aliphatic hydroxyl groups is 2. The quantitative estimate of drug-likeness (QED) is 0.441. The number of hydrogen-bond acceptors (Lipinski definition) is 7. The fourth-order valence-electron chi connectivity index (χ4n) is 6.86. The highest BCUT2D eigenvalue weighted by molar-refractivity contribution is 5.72. The van der Waals surface area contributed by atoms with Crippen LogP contribution in [0.4, 0.5) is 4.79 Å². The van der Waals surface area contributed by atoms with Crippen molar-refractivity contribution >= 4 is 6.09 Å². The summed E-state index contributed by atoms with van der Waals surface area (Å²) < 4.78 is 23.8. The molecular formula is C33H35NO7. The van der Waals surface area contributed by atoms with E-state index in [0.29, 0.717) is 43.3 Å². The van der Waals surface area contributed by atoms with Crippen molar-refractivity contribution < 1.29 is 34.0 Å². The van der Waals surface area contributed by atoms with Gasteiger partial charge in [0.25, 0.3) is 0 Å². The Bertz CT molecular complexity index is 1440. The van der Waals surface area contributed by atoms with E-state index in [2.05, 4.69) is 0 Å². The molecule has 214 valence electrons. The van der Waals surface area contributed by atoms with Crippen molar-refractivity contribution in [1.82, 2.24) is 4.90 Å². The summed E-state index contributed by atoms with van der Waals surface area (Å²) in [5.74, 6) is 1.51. The van der Waals surface area contributed by atoms with Gasteiger partial charge in [0.05, 0.1) is 26.4 Å². The zero-order valence-electron chi connectivity index (χ0n) is 23.3. The Labute approximate surface area is 239 Å². The first-order chi connectivity index (χ1) is 20.0. The van der Waals surface area contributed by atoms with E-state index >= 15 is 0 Å². The summed E-state index contributed by atoms with van der Waals surface area (Å²) in [6.45, 7) is 0.916. The molecule has 1 amide bonds. The number of benzene rings is 3. The van der Waals surface area contributed by atoms with Crippen LogP contribution in [0.25, 0.3) is 0 Å². The van der Waals surface area contributed by atoms with Crippen LogP contribution in [0.2, 0.25) is 0 Å². The first-order valence-electron chi connectivity index (χ1n) is 14.0. The Balaban J connectivity index is 1.43. The normalized spacial score (nSPS) is 24.7. The molecule has 3 aromatic carbocycles. The van der Waals surface area contributed by atoms with Gasteiger partial charge < -0.3 is 34.1 Å². The smallest absolute Gasteiger partial charge is 0.410 e. The topological polar surface area (TPSA) is 97.7 Å². The molecule has 6 rings (SSSR count). The molecule has 1 aliphatic heterocycles. The number of amides is 1. The number of methoxy groups -OCH3 is 2. The second kappa shape index (κ2) is 11.1. The van der Waals surface area contributed by atoms with Crippen molar-refractivity contribution in [2.24, 2.45) is 0 Å². The van der Waals surface area contributed by atoms with Crippen LogP contribution in [0.3, 0.4) is 0 Å². The number of nitrogens with zero attached hydrogens (tertiary/aromatic N) is 1. The van der Waals surface area contributed by atoms with Gasteiger partial charge in [-0.1, -0.05) is 66.7 Å². The zero-order valence-corrected chi connectivity index (χ0v) is 23.3. The molecule has 3 aromatic rings. The second-order valence-electron chi connectivity index (χ2n) is 10.9. The van der Waals surface area contributed by atoms with E-state index in [1.165, 1.54) is 7.11 Å². The second-order valence-corrected chi connectivity index (χ2v) is 10.9. The first kappa shape index (κ1) is 27.2. The number of rotatable bonds is 7. The van der Waals surface area contributed by atoms with Crippen LogP contribution in [-0.4, -0.2) is 60.2 Å². The molecule has 4 atom stereocenters. The van der Waals surface area contributed by atoms with Gasteiger partial charge in [0.15, 0.2) is 11.5 Å². The first-order valence-corrected chi connectivity index (χ1v) is 14.0. The van der Waals surface area contributed by atoms with Crippen molar-refractivity contribution in [3.8, 4) is 11.5 Å². The maximum atomic E-state index is 13.5. The fraction of sp³-hybridized carbons (Fsp3) is 0.364. The molecule has 41 heavy (non-hydrogen) atoms. The van der Waals surface area contributed by atoms with Crippen molar-refractivity contribution in [2.45, 2.75) is 56.1 Å². The minimum atomic E-state index is -1.20. The Kier molecular flexibility index (Phi) is 7.36. The number of hydrogen-bond donors (Lipinski definition) is 2. The average Bonchev–Trinajstić information content (AvgIpc) is 3.00. The number of fused-ring (bicyclic) bond motifs is 1. The fourth-order valence-corrected chi connectivity index (χ4v) is 6.86. The van der Waals surface area contributed by atoms with Gasteiger partial charge in [-0.3, -0.25) is 0 Å². The lowest BCUT2D eigenvalue weighted by Gasteiger charge is -2.56. The van der Waals surface area contributed by atoms with E-state index in [0.717, 1.165) is 27.8 Å². The van der Waals surface area contributed by atoms with Gasteiger partial charge in [-0.2, -0.15) is 0 Å². The molecule has 8 heteroatoms. The highest BCUT2D eigenvalue weighted by atomic mass is 16.6. The van der Waals surface area contributed by atoms with Crippen LogP contribution in [-0.2, 0) is 34.5 Å². The molecule has 2 aliphatic carbocycles. The molecule has 1 saturated heterocycles. The number of carbonyl (C=O) groups is 1. The van der Waals surface area contributed by atoms with Gasteiger partial charge in [-0.15, -0.1) is 0 Å². The zero-order chi connectivity index (χ0) is 28.6.